The molecule has 2 aromatic heterocycles. The van der Waals surface area contributed by atoms with Crippen LogP contribution >= 0.6 is 0 Å². The van der Waals surface area contributed by atoms with Gasteiger partial charge in [0, 0.05) is 30.7 Å². The normalized spacial score (nSPS) is 10.9. The van der Waals surface area contributed by atoms with Gasteiger partial charge < -0.3 is 4.57 Å². The van der Waals surface area contributed by atoms with Crippen LogP contribution in [0.25, 0.3) is 0 Å². The van der Waals surface area contributed by atoms with E-state index in [1.165, 1.54) is 5.56 Å². The molecule has 0 fully saturated rings. The molecule has 0 atom stereocenters. The first kappa shape index (κ1) is 12.6. The molecule has 0 aromatic carbocycles. The van der Waals surface area contributed by atoms with E-state index in [0.29, 0.717) is 6.54 Å². The van der Waals surface area contributed by atoms with Crippen molar-refractivity contribution >= 4 is 5.78 Å². The highest BCUT2D eigenvalue weighted by atomic mass is 16.1. The zero-order valence-corrected chi connectivity index (χ0v) is 11.4. The Bertz CT molecular complexity index is 578. The van der Waals surface area contributed by atoms with Crippen LogP contribution in [-0.2, 0) is 20.0 Å². The van der Waals surface area contributed by atoms with Gasteiger partial charge in [0.1, 0.15) is 6.54 Å². The van der Waals surface area contributed by atoms with Gasteiger partial charge in [0.2, 0.25) is 0 Å². The predicted molar refractivity (Wildman–Crippen MR) is 70.8 cm³/mol. The van der Waals surface area contributed by atoms with E-state index in [1.54, 1.807) is 0 Å². The summed E-state index contributed by atoms with van der Waals surface area (Å²) in [6.45, 7) is 6.45. The highest BCUT2D eigenvalue weighted by molar-refractivity contribution is 5.95. The molecule has 0 amide bonds. The van der Waals surface area contributed by atoms with Crippen LogP contribution in [0.1, 0.15) is 34.2 Å². The molecule has 4 nitrogen and oxygen atoms in total. The lowest BCUT2D eigenvalue weighted by Gasteiger charge is -2.03. The number of hydrogen-bond donors (Lipinski definition) is 0. The molecular weight excluding hydrogens is 226 g/mol. The maximum atomic E-state index is 12.1. The van der Waals surface area contributed by atoms with Gasteiger partial charge in [0.25, 0.3) is 0 Å². The predicted octanol–water partition coefficient (Wildman–Crippen LogP) is 2.28. The zero-order chi connectivity index (χ0) is 13.3. The van der Waals surface area contributed by atoms with Crippen LogP contribution in [0.3, 0.4) is 0 Å². The average Bonchev–Trinajstić information content (AvgIpc) is 2.85. The second-order valence-electron chi connectivity index (χ2n) is 4.65. The minimum absolute atomic E-state index is 0.101. The molecular formula is C14H19N3O. The Morgan fingerprint density at radius 2 is 2.11 bits per heavy atom. The first-order chi connectivity index (χ1) is 8.52. The number of carbonyl (C=O) groups is 1. The monoisotopic (exact) mass is 245 g/mol. The van der Waals surface area contributed by atoms with Crippen LogP contribution in [0.15, 0.2) is 18.5 Å². The van der Waals surface area contributed by atoms with Crippen molar-refractivity contribution in [3.05, 3.63) is 41.0 Å². The number of ketones is 1. The summed E-state index contributed by atoms with van der Waals surface area (Å²) >= 11 is 0. The third-order valence-electron chi connectivity index (χ3n) is 3.33. The van der Waals surface area contributed by atoms with Gasteiger partial charge in [0.15, 0.2) is 5.78 Å². The molecule has 2 aromatic rings. The smallest absolute Gasteiger partial charge is 0.185 e. The van der Waals surface area contributed by atoms with Crippen molar-refractivity contribution in [2.45, 2.75) is 33.7 Å². The number of carbonyl (C=O) groups excluding carboxylic acids is 1. The van der Waals surface area contributed by atoms with Crippen LogP contribution in [0, 0.1) is 13.8 Å². The summed E-state index contributed by atoms with van der Waals surface area (Å²) in [4.78, 5) is 12.1. The molecule has 0 aliphatic heterocycles. The van der Waals surface area contributed by atoms with Crippen molar-refractivity contribution in [2.24, 2.45) is 7.05 Å². The molecule has 0 N–H and O–H groups in total. The Morgan fingerprint density at radius 3 is 2.61 bits per heavy atom. The van der Waals surface area contributed by atoms with Gasteiger partial charge in [0.05, 0.1) is 5.69 Å². The Balaban J connectivity index is 2.22. The van der Waals surface area contributed by atoms with Gasteiger partial charge in [-0.2, -0.15) is 5.10 Å². The van der Waals surface area contributed by atoms with Crippen LogP contribution in [-0.4, -0.2) is 20.1 Å². The summed E-state index contributed by atoms with van der Waals surface area (Å²) in [6, 6.07) is 1.84. The average molecular weight is 245 g/mol. The van der Waals surface area contributed by atoms with Gasteiger partial charge in [-0.1, -0.05) is 6.92 Å². The highest BCUT2D eigenvalue weighted by Gasteiger charge is 2.14. The van der Waals surface area contributed by atoms with E-state index in [4.69, 9.17) is 0 Å². The van der Waals surface area contributed by atoms with Gasteiger partial charge in [-0.3, -0.25) is 9.48 Å². The van der Waals surface area contributed by atoms with Crippen molar-refractivity contribution in [2.75, 3.05) is 0 Å². The molecule has 18 heavy (non-hydrogen) atoms. The van der Waals surface area contributed by atoms with Gasteiger partial charge in [-0.15, -0.1) is 0 Å². The van der Waals surface area contributed by atoms with Gasteiger partial charge in [-0.05, 0) is 31.9 Å². The summed E-state index contributed by atoms with van der Waals surface area (Å²) in [5, 5.41) is 4.44. The van der Waals surface area contributed by atoms with Gasteiger partial charge in [-0.25, -0.2) is 0 Å². The molecule has 0 aliphatic rings. The molecule has 4 heteroatoms. The topological polar surface area (TPSA) is 39.8 Å². The number of rotatable bonds is 4. The summed E-state index contributed by atoms with van der Waals surface area (Å²) < 4.78 is 3.69. The van der Waals surface area contributed by atoms with Crippen LogP contribution < -0.4 is 0 Å². The van der Waals surface area contributed by atoms with Crippen LogP contribution in [0.2, 0.25) is 0 Å². The first-order valence-electron chi connectivity index (χ1n) is 6.21. The van der Waals surface area contributed by atoms with Crippen molar-refractivity contribution < 1.29 is 4.79 Å². The van der Waals surface area contributed by atoms with Crippen LogP contribution in [0.5, 0.6) is 0 Å². The summed E-state index contributed by atoms with van der Waals surface area (Å²) in [5.74, 6) is 0.101. The lowest BCUT2D eigenvalue weighted by atomic mass is 10.1. The van der Waals surface area contributed by atoms with E-state index in [2.05, 4.69) is 12.0 Å². The highest BCUT2D eigenvalue weighted by Crippen LogP contribution is 2.14. The molecule has 0 spiro atoms. The Morgan fingerprint density at radius 1 is 1.39 bits per heavy atom. The van der Waals surface area contributed by atoms with E-state index < -0.39 is 0 Å². The third-order valence-corrected chi connectivity index (χ3v) is 3.33. The Kier molecular flexibility index (Phi) is 3.36. The maximum Gasteiger partial charge on any atom is 0.185 e. The second-order valence-corrected chi connectivity index (χ2v) is 4.65. The number of nitrogens with zero attached hydrogens (tertiary/aromatic N) is 3. The number of aromatic nitrogens is 3. The van der Waals surface area contributed by atoms with Crippen molar-refractivity contribution in [1.82, 2.24) is 14.3 Å². The Hall–Kier alpha value is -1.84. The largest absolute Gasteiger partial charge is 0.357 e. The molecule has 2 heterocycles. The lowest BCUT2D eigenvalue weighted by Crippen LogP contribution is -2.12. The number of Topliss-reactive ketones (excluding diaryl/α,β-unsaturated/α-hetero) is 1. The minimum Gasteiger partial charge on any atom is -0.357 e. The van der Waals surface area contributed by atoms with E-state index in [0.717, 1.165) is 23.4 Å². The number of aryl methyl sites for hydroxylation is 2. The van der Waals surface area contributed by atoms with E-state index in [-0.39, 0.29) is 5.78 Å². The molecule has 0 saturated heterocycles. The molecule has 0 aliphatic carbocycles. The maximum absolute atomic E-state index is 12.1. The summed E-state index contributed by atoms with van der Waals surface area (Å²) in [6.07, 6.45) is 4.68. The molecule has 0 radical (unpaired) electrons. The SMILES string of the molecule is CCc1c(C)nn(CC(=O)c2ccn(C)c2)c1C. The molecule has 0 bridgehead atoms. The van der Waals surface area contributed by atoms with E-state index in [9.17, 15) is 4.79 Å². The quantitative estimate of drug-likeness (QED) is 0.775. The fourth-order valence-electron chi connectivity index (χ4n) is 2.30. The second kappa shape index (κ2) is 4.80. The van der Waals surface area contributed by atoms with Crippen LogP contribution in [0.4, 0.5) is 0 Å². The molecule has 2 rings (SSSR count). The van der Waals surface area contributed by atoms with Crippen molar-refractivity contribution in [1.29, 1.82) is 0 Å². The fraction of sp³-hybridized carbons (Fsp3) is 0.429. The molecule has 0 unspecified atom stereocenters. The van der Waals surface area contributed by atoms with Crippen molar-refractivity contribution in [3.63, 3.8) is 0 Å². The summed E-state index contributed by atoms with van der Waals surface area (Å²) in [5.41, 5.74) is 4.11. The Labute approximate surface area is 107 Å². The zero-order valence-electron chi connectivity index (χ0n) is 11.4. The fourth-order valence-corrected chi connectivity index (χ4v) is 2.30. The summed E-state index contributed by atoms with van der Waals surface area (Å²) in [7, 11) is 1.91. The third kappa shape index (κ3) is 2.23. The molecule has 0 saturated carbocycles. The van der Waals surface area contributed by atoms with Gasteiger partial charge >= 0.3 is 0 Å². The van der Waals surface area contributed by atoms with Crippen molar-refractivity contribution in [3.8, 4) is 0 Å². The number of hydrogen-bond acceptors (Lipinski definition) is 2. The lowest BCUT2D eigenvalue weighted by molar-refractivity contribution is 0.0966. The molecule has 96 valence electrons. The van der Waals surface area contributed by atoms with E-state index >= 15 is 0 Å². The minimum atomic E-state index is 0.101. The van der Waals surface area contributed by atoms with E-state index in [1.807, 2.05) is 48.6 Å². The first-order valence-corrected chi connectivity index (χ1v) is 6.21. The standard InChI is InChI=1S/C14H19N3O/c1-5-13-10(2)15-17(11(13)3)9-14(18)12-6-7-16(4)8-12/h6-8H,5,9H2,1-4H3.